The third-order valence-electron chi connectivity index (χ3n) is 2.19. The van der Waals surface area contributed by atoms with Crippen LogP contribution in [0.3, 0.4) is 0 Å². The van der Waals surface area contributed by atoms with E-state index in [0.29, 0.717) is 10.7 Å². The molecule has 0 unspecified atom stereocenters. The van der Waals surface area contributed by atoms with Crippen LogP contribution < -0.4 is 0 Å². The van der Waals surface area contributed by atoms with Crippen molar-refractivity contribution < 1.29 is 0 Å². The van der Waals surface area contributed by atoms with Crippen molar-refractivity contribution in [3.05, 3.63) is 34.2 Å². The lowest BCUT2D eigenvalue weighted by atomic mass is 10.2. The number of benzene rings is 1. The minimum Gasteiger partial charge on any atom is -0.218 e. The zero-order valence-corrected chi connectivity index (χ0v) is 12.9. The summed E-state index contributed by atoms with van der Waals surface area (Å²) in [5.41, 5.74) is 4.69. The lowest BCUT2D eigenvalue weighted by molar-refractivity contribution is 1.20. The van der Waals surface area contributed by atoms with Gasteiger partial charge in [-0.15, -0.1) is 5.54 Å². The summed E-state index contributed by atoms with van der Waals surface area (Å²) in [6, 6.07) is 5.43. The van der Waals surface area contributed by atoms with E-state index in [9.17, 15) is 0 Å². The average molecular weight is 295 g/mol. The van der Waals surface area contributed by atoms with E-state index >= 15 is 0 Å². The van der Waals surface area contributed by atoms with Gasteiger partial charge < -0.3 is 0 Å². The maximum Gasteiger partial charge on any atom is 0.224 e. The second-order valence-electron chi connectivity index (χ2n) is 5.00. The maximum atomic E-state index is 5.99. The number of hydrogen-bond acceptors (Lipinski definition) is 2. The molecule has 1 heterocycles. The Balaban J connectivity index is 2.68. The first-order valence-corrected chi connectivity index (χ1v) is 9.77. The van der Waals surface area contributed by atoms with Crippen molar-refractivity contribution >= 4 is 42.2 Å². The van der Waals surface area contributed by atoms with Gasteiger partial charge in [-0.05, 0) is 29.8 Å². The molecule has 5 heteroatoms. The van der Waals surface area contributed by atoms with Crippen LogP contribution in [0.15, 0.2) is 18.2 Å². The van der Waals surface area contributed by atoms with E-state index in [2.05, 4.69) is 41.1 Å². The highest BCUT2D eigenvalue weighted by Gasteiger charge is 2.09. The molecule has 0 amide bonds. The van der Waals surface area contributed by atoms with Crippen LogP contribution in [-0.2, 0) is 0 Å². The van der Waals surface area contributed by atoms with Crippen LogP contribution in [0.2, 0.25) is 29.9 Å². The third-order valence-corrected chi connectivity index (χ3v) is 3.47. The number of halogens is 2. The molecular formula is C13H12Cl2N2Si. The molecule has 0 N–H and O–H groups in total. The summed E-state index contributed by atoms with van der Waals surface area (Å²) in [6.45, 7) is 6.54. The van der Waals surface area contributed by atoms with Crippen LogP contribution in [0.5, 0.6) is 0 Å². The highest BCUT2D eigenvalue weighted by molar-refractivity contribution is 6.83. The van der Waals surface area contributed by atoms with Crippen molar-refractivity contribution in [1.82, 2.24) is 9.97 Å². The lowest BCUT2D eigenvalue weighted by Crippen LogP contribution is -2.16. The Labute approximate surface area is 117 Å². The van der Waals surface area contributed by atoms with Gasteiger partial charge in [0.2, 0.25) is 5.28 Å². The van der Waals surface area contributed by atoms with Crippen LogP contribution in [-0.4, -0.2) is 18.0 Å². The van der Waals surface area contributed by atoms with Crippen LogP contribution in [0.4, 0.5) is 0 Å². The molecule has 0 saturated carbocycles. The number of nitrogens with zero attached hydrogens (tertiary/aromatic N) is 2. The van der Waals surface area contributed by atoms with Gasteiger partial charge in [0.1, 0.15) is 13.8 Å². The monoisotopic (exact) mass is 294 g/mol. The third kappa shape index (κ3) is 3.23. The number of hydrogen-bond donors (Lipinski definition) is 0. The van der Waals surface area contributed by atoms with Crippen LogP contribution in [0.1, 0.15) is 5.69 Å². The molecule has 0 fully saturated rings. The fraction of sp³-hybridized carbons (Fsp3) is 0.231. The van der Waals surface area contributed by atoms with E-state index in [0.717, 1.165) is 10.9 Å². The van der Waals surface area contributed by atoms with Crippen LogP contribution in [0.25, 0.3) is 10.9 Å². The molecule has 1 aromatic carbocycles. The number of aromatic nitrogens is 2. The second kappa shape index (κ2) is 4.89. The van der Waals surface area contributed by atoms with Gasteiger partial charge in [-0.25, -0.2) is 9.97 Å². The molecule has 0 atom stereocenters. The van der Waals surface area contributed by atoms with Crippen molar-refractivity contribution in [2.45, 2.75) is 19.6 Å². The Morgan fingerprint density at radius 1 is 1.11 bits per heavy atom. The predicted octanol–water partition coefficient (Wildman–Crippen LogP) is 4.17. The van der Waals surface area contributed by atoms with Gasteiger partial charge in [0, 0.05) is 10.4 Å². The number of rotatable bonds is 0. The first-order chi connectivity index (χ1) is 8.35. The molecule has 0 aliphatic carbocycles. The molecular weight excluding hydrogens is 283 g/mol. The van der Waals surface area contributed by atoms with Crippen molar-refractivity contribution in [2.24, 2.45) is 0 Å². The molecule has 92 valence electrons. The Morgan fingerprint density at radius 2 is 1.83 bits per heavy atom. The van der Waals surface area contributed by atoms with E-state index in [1.54, 1.807) is 6.07 Å². The maximum absolute atomic E-state index is 5.99. The summed E-state index contributed by atoms with van der Waals surface area (Å²) < 4.78 is 0. The topological polar surface area (TPSA) is 25.8 Å². The van der Waals surface area contributed by atoms with Crippen LogP contribution >= 0.6 is 23.2 Å². The zero-order valence-electron chi connectivity index (χ0n) is 10.4. The Kier molecular flexibility index (Phi) is 3.63. The highest BCUT2D eigenvalue weighted by Crippen LogP contribution is 2.21. The van der Waals surface area contributed by atoms with Gasteiger partial charge in [0.05, 0.1) is 5.52 Å². The molecule has 0 radical (unpaired) electrons. The summed E-state index contributed by atoms with van der Waals surface area (Å²) in [6.07, 6.45) is 0. The molecule has 2 nitrogen and oxygen atoms in total. The fourth-order valence-corrected chi connectivity index (χ4v) is 2.26. The largest absolute Gasteiger partial charge is 0.224 e. The molecule has 0 aliphatic heterocycles. The molecule has 2 rings (SSSR count). The van der Waals surface area contributed by atoms with Crippen molar-refractivity contribution in [2.75, 3.05) is 0 Å². The van der Waals surface area contributed by atoms with E-state index in [-0.39, 0.29) is 5.28 Å². The van der Waals surface area contributed by atoms with Gasteiger partial charge in [-0.2, -0.15) is 0 Å². The van der Waals surface area contributed by atoms with E-state index in [1.165, 1.54) is 0 Å². The summed E-state index contributed by atoms with van der Waals surface area (Å²) in [5, 5.41) is 1.70. The van der Waals surface area contributed by atoms with Gasteiger partial charge >= 0.3 is 0 Å². The minimum atomic E-state index is -1.46. The smallest absolute Gasteiger partial charge is 0.218 e. The minimum absolute atomic E-state index is 0.213. The normalized spacial score (nSPS) is 11.2. The van der Waals surface area contributed by atoms with Crippen molar-refractivity contribution in [1.29, 1.82) is 0 Å². The second-order valence-corrected chi connectivity index (χ2v) is 10.5. The van der Waals surface area contributed by atoms with E-state index < -0.39 is 8.07 Å². The molecule has 0 spiro atoms. The summed E-state index contributed by atoms with van der Waals surface area (Å²) in [4.78, 5) is 8.35. The average Bonchev–Trinajstić information content (AvgIpc) is 2.25. The predicted molar refractivity (Wildman–Crippen MR) is 79.8 cm³/mol. The Morgan fingerprint density at radius 3 is 2.50 bits per heavy atom. The summed E-state index contributed by atoms with van der Waals surface area (Å²) in [5.74, 6) is 3.11. The van der Waals surface area contributed by atoms with Gasteiger partial charge in [-0.3, -0.25) is 0 Å². The lowest BCUT2D eigenvalue weighted by Gasteiger charge is -2.05. The van der Waals surface area contributed by atoms with E-state index in [4.69, 9.17) is 23.2 Å². The van der Waals surface area contributed by atoms with Gasteiger partial charge in [0.25, 0.3) is 0 Å². The summed E-state index contributed by atoms with van der Waals surface area (Å²) >= 11 is 11.9. The quantitative estimate of drug-likeness (QED) is 0.414. The van der Waals surface area contributed by atoms with Crippen LogP contribution in [0, 0.1) is 11.5 Å². The molecule has 2 aromatic rings. The van der Waals surface area contributed by atoms with Gasteiger partial charge in [-0.1, -0.05) is 37.2 Å². The molecule has 18 heavy (non-hydrogen) atoms. The zero-order chi connectivity index (χ0) is 13.3. The summed E-state index contributed by atoms with van der Waals surface area (Å²) in [7, 11) is -1.46. The number of fused-ring (bicyclic) bond motifs is 1. The highest BCUT2D eigenvalue weighted by atomic mass is 35.5. The molecule has 0 bridgehead atoms. The SMILES string of the molecule is C[Si](C)(C)C#Cc1nc(Cl)nc2ccc(Cl)cc12. The van der Waals surface area contributed by atoms with Crippen molar-refractivity contribution in [3.63, 3.8) is 0 Å². The first kappa shape index (κ1) is 13.4. The Bertz CT molecular complexity index is 666. The fourth-order valence-electron chi connectivity index (χ4n) is 1.41. The molecule has 1 aromatic heterocycles. The first-order valence-electron chi connectivity index (χ1n) is 5.51. The van der Waals surface area contributed by atoms with E-state index in [1.807, 2.05) is 12.1 Å². The molecule has 0 saturated heterocycles. The van der Waals surface area contributed by atoms with Crippen molar-refractivity contribution in [3.8, 4) is 11.5 Å². The standard InChI is InChI=1S/C13H12Cl2N2Si/c1-18(2,3)7-6-12-10-8-9(14)4-5-11(10)16-13(15)17-12/h4-5,8H,1-3H3. The Hall–Kier alpha value is -1.08. The molecule has 0 aliphatic rings. The van der Waals surface area contributed by atoms with Gasteiger partial charge in [0.15, 0.2) is 0 Å².